The van der Waals surface area contributed by atoms with Crippen molar-refractivity contribution in [2.45, 2.75) is 20.4 Å². The topological polar surface area (TPSA) is 75.7 Å². The van der Waals surface area contributed by atoms with E-state index in [4.69, 9.17) is 16.3 Å². The lowest BCUT2D eigenvalue weighted by Gasteiger charge is -2.13. The number of rotatable bonds is 7. The van der Waals surface area contributed by atoms with Crippen molar-refractivity contribution < 1.29 is 19.1 Å². The van der Waals surface area contributed by atoms with Crippen LogP contribution in [0.3, 0.4) is 0 Å². The number of aryl methyl sites for hydroxylation is 2. The molecule has 0 radical (unpaired) electrons. The number of nitrogens with zero attached hydrogens (tertiary/aromatic N) is 1. The molecule has 1 aliphatic heterocycles. The van der Waals surface area contributed by atoms with E-state index in [-0.39, 0.29) is 29.2 Å². The zero-order chi connectivity index (χ0) is 25.8. The molecular formula is C27H22BrClN2O4S. The molecule has 1 aliphatic rings. The molecule has 3 aromatic rings. The average molecular weight is 586 g/mol. The molecule has 0 aromatic heterocycles. The van der Waals surface area contributed by atoms with E-state index in [1.54, 1.807) is 42.5 Å². The summed E-state index contributed by atoms with van der Waals surface area (Å²) in [6.45, 7) is 3.79. The van der Waals surface area contributed by atoms with Crippen molar-refractivity contribution in [3.05, 3.63) is 97.3 Å². The first-order valence-electron chi connectivity index (χ1n) is 11.0. The summed E-state index contributed by atoms with van der Waals surface area (Å²) in [6.07, 6.45) is 1.60. The lowest BCUT2D eigenvalue weighted by atomic mass is 10.1. The molecule has 9 heteroatoms. The number of carbonyl (C=O) groups excluding carboxylic acids is 3. The molecular weight excluding hydrogens is 564 g/mol. The lowest BCUT2D eigenvalue weighted by Crippen LogP contribution is -2.27. The van der Waals surface area contributed by atoms with Crippen LogP contribution >= 0.6 is 39.3 Å². The predicted molar refractivity (Wildman–Crippen MR) is 147 cm³/mol. The normalized spacial score (nSPS) is 14.4. The number of thioether (sulfide) groups is 1. The smallest absolute Gasteiger partial charge is 0.293 e. The van der Waals surface area contributed by atoms with E-state index in [0.717, 1.165) is 38.6 Å². The number of anilines is 1. The second-order valence-corrected chi connectivity index (χ2v) is 10.6. The Kier molecular flexibility index (Phi) is 8.18. The van der Waals surface area contributed by atoms with Gasteiger partial charge in [-0.25, -0.2) is 0 Å². The van der Waals surface area contributed by atoms with Gasteiger partial charge in [0.25, 0.3) is 17.1 Å². The van der Waals surface area contributed by atoms with Crippen LogP contribution in [0.1, 0.15) is 22.3 Å². The Morgan fingerprint density at radius 1 is 1.11 bits per heavy atom. The van der Waals surface area contributed by atoms with Gasteiger partial charge in [0.15, 0.2) is 6.61 Å². The Morgan fingerprint density at radius 3 is 2.69 bits per heavy atom. The number of hydrogen-bond donors (Lipinski definition) is 1. The van der Waals surface area contributed by atoms with E-state index < -0.39 is 5.91 Å². The Labute approximate surface area is 226 Å². The van der Waals surface area contributed by atoms with Gasteiger partial charge in [0.2, 0.25) is 0 Å². The fourth-order valence-corrected chi connectivity index (χ4v) is 4.98. The molecule has 1 N–H and O–H groups in total. The first kappa shape index (κ1) is 26.0. The van der Waals surface area contributed by atoms with Crippen molar-refractivity contribution >= 4 is 68.1 Å². The van der Waals surface area contributed by atoms with E-state index in [2.05, 4.69) is 21.2 Å². The molecule has 6 nitrogen and oxygen atoms in total. The van der Waals surface area contributed by atoms with Crippen molar-refractivity contribution in [1.29, 1.82) is 0 Å². The van der Waals surface area contributed by atoms with Gasteiger partial charge in [0, 0.05) is 20.7 Å². The number of nitrogens with one attached hydrogen (secondary N) is 1. The zero-order valence-corrected chi connectivity index (χ0v) is 22.7. The summed E-state index contributed by atoms with van der Waals surface area (Å²) in [6, 6.07) is 18.1. The summed E-state index contributed by atoms with van der Waals surface area (Å²) in [5.41, 5.74) is 4.04. The maximum Gasteiger partial charge on any atom is 0.293 e. The van der Waals surface area contributed by atoms with Gasteiger partial charge in [-0.15, -0.1) is 0 Å². The third kappa shape index (κ3) is 6.37. The van der Waals surface area contributed by atoms with Crippen LogP contribution in [0.15, 0.2) is 70.0 Å². The van der Waals surface area contributed by atoms with Crippen molar-refractivity contribution in [2.24, 2.45) is 0 Å². The highest BCUT2D eigenvalue weighted by Gasteiger charge is 2.35. The largest absolute Gasteiger partial charge is 0.483 e. The van der Waals surface area contributed by atoms with Gasteiger partial charge in [-0.2, -0.15) is 0 Å². The van der Waals surface area contributed by atoms with Crippen LogP contribution in [-0.4, -0.2) is 28.6 Å². The van der Waals surface area contributed by atoms with E-state index in [9.17, 15) is 14.4 Å². The summed E-state index contributed by atoms with van der Waals surface area (Å²) < 4.78 is 6.56. The second kappa shape index (κ2) is 11.3. The van der Waals surface area contributed by atoms with Gasteiger partial charge in [0.1, 0.15) is 5.75 Å². The maximum absolute atomic E-state index is 13.0. The molecule has 0 saturated carbocycles. The van der Waals surface area contributed by atoms with Gasteiger partial charge < -0.3 is 10.1 Å². The van der Waals surface area contributed by atoms with Crippen LogP contribution < -0.4 is 10.1 Å². The van der Waals surface area contributed by atoms with Crippen LogP contribution in [0.2, 0.25) is 5.02 Å². The summed E-state index contributed by atoms with van der Waals surface area (Å²) in [5.74, 6) is -0.293. The zero-order valence-electron chi connectivity index (χ0n) is 19.5. The molecule has 1 saturated heterocycles. The average Bonchev–Trinajstić information content (AvgIpc) is 3.08. The number of imide groups is 1. The predicted octanol–water partition coefficient (Wildman–Crippen LogP) is 6.97. The van der Waals surface area contributed by atoms with Crippen LogP contribution in [0.25, 0.3) is 6.08 Å². The fourth-order valence-electron chi connectivity index (χ4n) is 3.56. The SMILES string of the molecule is Cc1ccc(C)c(NC(=O)COc2ccc(Br)cc2/C=C2\SC(=O)N(Cc3cccc(Cl)c3)C2=O)c1. The highest BCUT2D eigenvalue weighted by molar-refractivity contribution is 9.10. The monoisotopic (exact) mass is 584 g/mol. The highest BCUT2D eigenvalue weighted by atomic mass is 79.9. The third-order valence-corrected chi connectivity index (χ3v) is 7.02. The molecule has 3 aromatic carbocycles. The minimum atomic E-state index is -0.399. The first-order valence-corrected chi connectivity index (χ1v) is 13.0. The van der Waals surface area contributed by atoms with Gasteiger partial charge in [-0.05, 0) is 84.8 Å². The molecule has 0 aliphatic carbocycles. The number of amides is 3. The molecule has 0 spiro atoms. The second-order valence-electron chi connectivity index (χ2n) is 8.24. The van der Waals surface area contributed by atoms with Crippen LogP contribution in [-0.2, 0) is 16.1 Å². The number of carbonyl (C=O) groups is 3. The van der Waals surface area contributed by atoms with E-state index in [1.165, 1.54) is 4.90 Å². The quantitative estimate of drug-likeness (QED) is 0.303. The molecule has 36 heavy (non-hydrogen) atoms. The standard InChI is InChI=1S/C27H22BrClN2O4S/c1-16-6-7-17(2)22(10-16)30-25(32)15-35-23-9-8-20(28)12-19(23)13-24-26(33)31(27(34)36-24)14-18-4-3-5-21(29)11-18/h3-13H,14-15H2,1-2H3,(H,30,32)/b24-13-. The summed E-state index contributed by atoms with van der Waals surface area (Å²) >= 11 is 10.3. The van der Waals surface area contributed by atoms with Crippen LogP contribution in [0.4, 0.5) is 10.5 Å². The number of benzene rings is 3. The van der Waals surface area contributed by atoms with Gasteiger partial charge in [-0.3, -0.25) is 19.3 Å². The Balaban J connectivity index is 1.49. The van der Waals surface area contributed by atoms with Crippen molar-refractivity contribution in [3.8, 4) is 5.75 Å². The number of hydrogen-bond acceptors (Lipinski definition) is 5. The lowest BCUT2D eigenvalue weighted by molar-refractivity contribution is -0.123. The van der Waals surface area contributed by atoms with E-state index >= 15 is 0 Å². The Morgan fingerprint density at radius 2 is 1.92 bits per heavy atom. The van der Waals surface area contributed by atoms with Gasteiger partial charge in [-0.1, -0.05) is 51.8 Å². The molecule has 0 bridgehead atoms. The minimum absolute atomic E-state index is 0.128. The minimum Gasteiger partial charge on any atom is -0.483 e. The summed E-state index contributed by atoms with van der Waals surface area (Å²) in [5, 5.41) is 3.03. The fraction of sp³-hybridized carbons (Fsp3) is 0.148. The van der Waals surface area contributed by atoms with Crippen molar-refractivity contribution in [1.82, 2.24) is 4.90 Å². The summed E-state index contributed by atoms with van der Waals surface area (Å²) in [4.78, 5) is 39.5. The highest BCUT2D eigenvalue weighted by Crippen LogP contribution is 2.36. The molecule has 0 atom stereocenters. The van der Waals surface area contributed by atoms with Crippen LogP contribution in [0, 0.1) is 13.8 Å². The molecule has 1 fully saturated rings. The molecule has 184 valence electrons. The Hall–Kier alpha value is -3.07. The van der Waals surface area contributed by atoms with Gasteiger partial charge >= 0.3 is 0 Å². The van der Waals surface area contributed by atoms with E-state index in [1.807, 2.05) is 38.1 Å². The number of halogens is 2. The number of ether oxygens (including phenoxy) is 1. The third-order valence-electron chi connectivity index (χ3n) is 5.39. The van der Waals surface area contributed by atoms with Crippen molar-refractivity contribution in [3.63, 3.8) is 0 Å². The molecule has 0 unspecified atom stereocenters. The molecule has 3 amide bonds. The van der Waals surface area contributed by atoms with Gasteiger partial charge in [0.05, 0.1) is 11.4 Å². The Bertz CT molecular complexity index is 1390. The molecule has 1 heterocycles. The first-order chi connectivity index (χ1) is 17.2. The summed E-state index contributed by atoms with van der Waals surface area (Å²) in [7, 11) is 0. The maximum atomic E-state index is 13.0. The van der Waals surface area contributed by atoms with E-state index in [0.29, 0.717) is 16.3 Å². The van der Waals surface area contributed by atoms with Crippen molar-refractivity contribution in [2.75, 3.05) is 11.9 Å². The van der Waals surface area contributed by atoms with Crippen LogP contribution in [0.5, 0.6) is 5.75 Å². The molecule has 4 rings (SSSR count).